The van der Waals surface area contributed by atoms with Crippen LogP contribution in [-0.2, 0) is 4.79 Å². The zero-order valence-electron chi connectivity index (χ0n) is 13.6. The number of rotatable bonds is 3. The predicted molar refractivity (Wildman–Crippen MR) is 91.8 cm³/mol. The lowest BCUT2D eigenvalue weighted by molar-refractivity contribution is -0.116. The van der Waals surface area contributed by atoms with E-state index in [0.717, 1.165) is 11.3 Å². The van der Waals surface area contributed by atoms with E-state index >= 15 is 0 Å². The molecule has 2 heterocycles. The number of hydrogen-bond donors (Lipinski definition) is 1. The number of fused-ring (bicyclic) bond motifs is 2. The predicted octanol–water partition coefficient (Wildman–Crippen LogP) is 4.34. The lowest BCUT2D eigenvalue weighted by Crippen LogP contribution is -2.37. The molecule has 1 unspecified atom stereocenters. The molecule has 4 nitrogen and oxygen atoms in total. The van der Waals surface area contributed by atoms with Crippen molar-refractivity contribution < 1.29 is 22.7 Å². The highest BCUT2D eigenvalue weighted by Gasteiger charge is 2.32. The first kappa shape index (κ1) is 16.5. The molecule has 2 aromatic rings. The van der Waals surface area contributed by atoms with Crippen LogP contribution in [0.1, 0.15) is 23.6 Å². The van der Waals surface area contributed by atoms with Crippen molar-refractivity contribution in [2.75, 3.05) is 16.8 Å². The number of anilines is 2. The molecule has 0 saturated carbocycles. The molecule has 0 bridgehead atoms. The molecule has 7 heteroatoms. The molecule has 2 aromatic carbocycles. The average Bonchev–Trinajstić information content (AvgIpc) is 2.61. The minimum atomic E-state index is -3.11. The van der Waals surface area contributed by atoms with E-state index in [1.54, 1.807) is 6.08 Å². The van der Waals surface area contributed by atoms with Crippen molar-refractivity contribution in [1.82, 2.24) is 0 Å². The maximum absolute atomic E-state index is 14.0. The van der Waals surface area contributed by atoms with E-state index in [2.05, 4.69) is 10.1 Å². The standard InChI is InChI=1S/C19H15F3N2O2/c20-13-8-11-4-3-7-24(15(11)9-17(13)26-19(21)22)16-10-18(25)23-14-6-2-1-5-12(14)16/h1-6,8-9,16,19H,7,10H2,(H,23,25). The summed E-state index contributed by atoms with van der Waals surface area (Å²) in [5.74, 6) is -1.49. The fraction of sp³-hybridized carbons (Fsp3) is 0.211. The van der Waals surface area contributed by atoms with Gasteiger partial charge in [0.1, 0.15) is 0 Å². The Labute approximate surface area is 147 Å². The van der Waals surface area contributed by atoms with Crippen molar-refractivity contribution in [3.8, 4) is 5.75 Å². The molecule has 0 aromatic heterocycles. The number of carbonyl (C=O) groups is 1. The first-order valence-electron chi connectivity index (χ1n) is 8.13. The zero-order chi connectivity index (χ0) is 18.3. The number of amides is 1. The third-order valence-electron chi connectivity index (χ3n) is 4.56. The van der Waals surface area contributed by atoms with Crippen molar-refractivity contribution in [3.05, 3.63) is 59.4 Å². The molecule has 0 fully saturated rings. The van der Waals surface area contributed by atoms with E-state index in [9.17, 15) is 18.0 Å². The van der Waals surface area contributed by atoms with E-state index in [-0.39, 0.29) is 18.4 Å². The molecule has 0 aliphatic carbocycles. The van der Waals surface area contributed by atoms with Crippen LogP contribution < -0.4 is 15.0 Å². The highest BCUT2D eigenvalue weighted by Crippen LogP contribution is 2.42. The maximum Gasteiger partial charge on any atom is 0.387 e. The molecule has 0 radical (unpaired) electrons. The van der Waals surface area contributed by atoms with Gasteiger partial charge in [0.2, 0.25) is 5.91 Å². The number of hydrogen-bond acceptors (Lipinski definition) is 3. The number of nitrogens with one attached hydrogen (secondary N) is 1. The number of nitrogens with zero attached hydrogens (tertiary/aromatic N) is 1. The van der Waals surface area contributed by atoms with E-state index in [1.165, 1.54) is 12.1 Å². The second kappa shape index (κ2) is 6.40. The van der Waals surface area contributed by atoms with Gasteiger partial charge in [-0.15, -0.1) is 0 Å². The smallest absolute Gasteiger partial charge is 0.387 e. The molecule has 1 atom stereocenters. The first-order valence-corrected chi connectivity index (χ1v) is 8.13. The Morgan fingerprint density at radius 1 is 1.23 bits per heavy atom. The summed E-state index contributed by atoms with van der Waals surface area (Å²) < 4.78 is 43.5. The summed E-state index contributed by atoms with van der Waals surface area (Å²) in [5, 5.41) is 2.83. The summed E-state index contributed by atoms with van der Waals surface area (Å²) >= 11 is 0. The van der Waals surface area contributed by atoms with Crippen LogP contribution in [0.4, 0.5) is 24.5 Å². The minimum absolute atomic E-state index is 0.129. The van der Waals surface area contributed by atoms with Gasteiger partial charge in [-0.05, 0) is 17.7 Å². The summed E-state index contributed by atoms with van der Waals surface area (Å²) in [5.41, 5.74) is 2.75. The van der Waals surface area contributed by atoms with Gasteiger partial charge in [0.15, 0.2) is 11.6 Å². The fourth-order valence-corrected chi connectivity index (χ4v) is 3.48. The molecule has 1 N–H and O–H groups in total. The Morgan fingerprint density at radius 2 is 2.04 bits per heavy atom. The Bertz CT molecular complexity index is 898. The van der Waals surface area contributed by atoms with E-state index in [4.69, 9.17) is 0 Å². The van der Waals surface area contributed by atoms with Gasteiger partial charge in [0.25, 0.3) is 0 Å². The van der Waals surface area contributed by atoms with Crippen LogP contribution in [0.3, 0.4) is 0 Å². The number of benzene rings is 2. The van der Waals surface area contributed by atoms with Crippen molar-refractivity contribution >= 4 is 23.4 Å². The molecule has 26 heavy (non-hydrogen) atoms. The quantitative estimate of drug-likeness (QED) is 0.885. The second-order valence-electron chi connectivity index (χ2n) is 6.13. The van der Waals surface area contributed by atoms with Crippen LogP contribution in [0.5, 0.6) is 5.75 Å². The van der Waals surface area contributed by atoms with Crippen LogP contribution in [0, 0.1) is 5.82 Å². The van der Waals surface area contributed by atoms with E-state index in [1.807, 2.05) is 35.2 Å². The molecule has 0 saturated heterocycles. The van der Waals surface area contributed by atoms with Gasteiger partial charge < -0.3 is 15.0 Å². The largest absolute Gasteiger partial charge is 0.432 e. The number of alkyl halides is 2. The van der Waals surface area contributed by atoms with Crippen LogP contribution in [0.25, 0.3) is 6.08 Å². The van der Waals surface area contributed by atoms with Gasteiger partial charge in [-0.25, -0.2) is 4.39 Å². The highest BCUT2D eigenvalue weighted by molar-refractivity contribution is 5.95. The maximum atomic E-state index is 14.0. The Hall–Kier alpha value is -2.96. The van der Waals surface area contributed by atoms with E-state index < -0.39 is 18.2 Å². The zero-order valence-corrected chi connectivity index (χ0v) is 13.6. The molecule has 2 aliphatic rings. The van der Waals surface area contributed by atoms with Crippen LogP contribution in [0.15, 0.2) is 42.5 Å². The van der Waals surface area contributed by atoms with Crippen LogP contribution >= 0.6 is 0 Å². The molecule has 4 rings (SSSR count). The van der Waals surface area contributed by atoms with Gasteiger partial charge in [-0.2, -0.15) is 8.78 Å². The molecule has 2 aliphatic heterocycles. The van der Waals surface area contributed by atoms with Gasteiger partial charge in [-0.3, -0.25) is 4.79 Å². The third kappa shape index (κ3) is 2.89. The summed E-state index contributed by atoms with van der Waals surface area (Å²) in [7, 11) is 0. The molecule has 134 valence electrons. The first-order chi connectivity index (χ1) is 12.5. The number of para-hydroxylation sites is 1. The van der Waals surface area contributed by atoms with E-state index in [0.29, 0.717) is 17.8 Å². The summed E-state index contributed by atoms with van der Waals surface area (Å²) in [4.78, 5) is 14.0. The van der Waals surface area contributed by atoms with Gasteiger partial charge in [0, 0.05) is 29.5 Å². The molecular weight excluding hydrogens is 345 g/mol. The monoisotopic (exact) mass is 360 g/mol. The SMILES string of the molecule is O=C1CC(N2CC=Cc3cc(F)c(OC(F)F)cc32)c2ccccc2N1. The normalized spacial score (nSPS) is 18.4. The Morgan fingerprint density at radius 3 is 2.85 bits per heavy atom. The van der Waals surface area contributed by atoms with Crippen molar-refractivity contribution in [2.45, 2.75) is 19.1 Å². The molecule has 0 spiro atoms. The summed E-state index contributed by atoms with van der Waals surface area (Å²) in [6.07, 6.45) is 3.80. The molecule has 1 amide bonds. The van der Waals surface area contributed by atoms with Crippen molar-refractivity contribution in [1.29, 1.82) is 0 Å². The lowest BCUT2D eigenvalue weighted by atomic mass is 9.93. The number of ether oxygens (including phenoxy) is 1. The van der Waals surface area contributed by atoms with Crippen LogP contribution in [-0.4, -0.2) is 19.1 Å². The van der Waals surface area contributed by atoms with Gasteiger partial charge >= 0.3 is 6.61 Å². The molecular formula is C19H15F3N2O2. The van der Waals surface area contributed by atoms with Crippen molar-refractivity contribution in [2.24, 2.45) is 0 Å². The van der Waals surface area contributed by atoms with Crippen LogP contribution in [0.2, 0.25) is 0 Å². The highest BCUT2D eigenvalue weighted by atomic mass is 19.3. The topological polar surface area (TPSA) is 41.6 Å². The summed E-state index contributed by atoms with van der Waals surface area (Å²) in [6.45, 7) is -2.64. The fourth-order valence-electron chi connectivity index (χ4n) is 3.48. The summed E-state index contributed by atoms with van der Waals surface area (Å²) in [6, 6.07) is 9.59. The van der Waals surface area contributed by atoms with Crippen molar-refractivity contribution in [3.63, 3.8) is 0 Å². The Kier molecular flexibility index (Phi) is 4.06. The minimum Gasteiger partial charge on any atom is -0.432 e. The average molecular weight is 360 g/mol. The lowest BCUT2D eigenvalue weighted by Gasteiger charge is -2.38. The second-order valence-corrected chi connectivity index (χ2v) is 6.13. The Balaban J connectivity index is 1.79. The third-order valence-corrected chi connectivity index (χ3v) is 4.56. The number of carbonyl (C=O) groups excluding carboxylic acids is 1. The van der Waals surface area contributed by atoms with Gasteiger partial charge in [0.05, 0.1) is 12.5 Å². The van der Waals surface area contributed by atoms with Gasteiger partial charge in [-0.1, -0.05) is 30.4 Å². The number of halogens is 3.